The van der Waals surface area contributed by atoms with Gasteiger partial charge in [0.2, 0.25) is 10.0 Å². The standard InChI is InChI=1S/C14H22N2O2S/c1-11(15-2)12-6-5-9-14(10-12)19(17,18)16-13-7-3-4-8-13/h5-6,9-11,13,15-16H,3-4,7-8H2,1-2H3. The molecule has 2 N–H and O–H groups in total. The lowest BCUT2D eigenvalue weighted by molar-refractivity contribution is 0.551. The Labute approximate surface area is 115 Å². The van der Waals surface area contributed by atoms with Gasteiger partial charge in [0, 0.05) is 12.1 Å². The molecule has 0 aliphatic heterocycles. The van der Waals surface area contributed by atoms with Crippen molar-refractivity contribution in [1.29, 1.82) is 0 Å². The van der Waals surface area contributed by atoms with Gasteiger partial charge in [-0.1, -0.05) is 25.0 Å². The van der Waals surface area contributed by atoms with Crippen LogP contribution in [-0.4, -0.2) is 21.5 Å². The summed E-state index contributed by atoms with van der Waals surface area (Å²) >= 11 is 0. The predicted octanol–water partition coefficient (Wildman–Crippen LogP) is 2.19. The van der Waals surface area contributed by atoms with Crippen molar-refractivity contribution in [1.82, 2.24) is 10.0 Å². The predicted molar refractivity (Wildman–Crippen MR) is 76.5 cm³/mol. The second-order valence-corrected chi connectivity index (χ2v) is 6.90. The van der Waals surface area contributed by atoms with Crippen LogP contribution in [0.4, 0.5) is 0 Å². The third-order valence-electron chi connectivity index (χ3n) is 3.78. The highest BCUT2D eigenvalue weighted by Crippen LogP contribution is 2.22. The number of nitrogens with one attached hydrogen (secondary N) is 2. The first-order valence-corrected chi connectivity index (χ1v) is 8.31. The van der Waals surface area contributed by atoms with Gasteiger partial charge in [0.05, 0.1) is 4.90 Å². The van der Waals surface area contributed by atoms with E-state index in [9.17, 15) is 8.42 Å². The number of hydrogen-bond acceptors (Lipinski definition) is 3. The summed E-state index contributed by atoms with van der Waals surface area (Å²) < 4.78 is 27.4. The molecular weight excluding hydrogens is 260 g/mol. The fourth-order valence-electron chi connectivity index (χ4n) is 2.45. The lowest BCUT2D eigenvalue weighted by atomic mass is 10.1. The minimum atomic E-state index is -3.39. The van der Waals surface area contributed by atoms with Crippen LogP contribution >= 0.6 is 0 Å². The Kier molecular flexibility index (Phi) is 4.60. The van der Waals surface area contributed by atoms with E-state index in [1.807, 2.05) is 20.0 Å². The molecule has 1 atom stereocenters. The van der Waals surface area contributed by atoms with E-state index in [2.05, 4.69) is 10.0 Å². The van der Waals surface area contributed by atoms with Crippen molar-refractivity contribution in [2.75, 3.05) is 7.05 Å². The van der Waals surface area contributed by atoms with Crippen LogP contribution in [0.15, 0.2) is 29.2 Å². The first-order chi connectivity index (χ1) is 9.03. The van der Waals surface area contributed by atoms with Crippen LogP contribution in [0.1, 0.15) is 44.2 Å². The second kappa shape index (κ2) is 6.03. The lowest BCUT2D eigenvalue weighted by Crippen LogP contribution is -2.32. The molecular formula is C14H22N2O2S. The van der Waals surface area contributed by atoms with Crippen molar-refractivity contribution in [2.45, 2.75) is 49.6 Å². The molecule has 1 aliphatic rings. The molecule has 1 aromatic carbocycles. The summed E-state index contributed by atoms with van der Waals surface area (Å²) in [6.07, 6.45) is 4.13. The van der Waals surface area contributed by atoms with Gasteiger partial charge in [-0.2, -0.15) is 0 Å². The largest absolute Gasteiger partial charge is 0.313 e. The summed E-state index contributed by atoms with van der Waals surface area (Å²) in [5, 5.41) is 3.12. The molecule has 0 spiro atoms. The van der Waals surface area contributed by atoms with Gasteiger partial charge in [-0.25, -0.2) is 13.1 Å². The van der Waals surface area contributed by atoms with E-state index in [0.717, 1.165) is 31.2 Å². The quantitative estimate of drug-likeness (QED) is 0.870. The maximum atomic E-state index is 12.3. The Bertz CT molecular complexity index is 522. The van der Waals surface area contributed by atoms with E-state index in [-0.39, 0.29) is 12.1 Å². The number of sulfonamides is 1. The fraction of sp³-hybridized carbons (Fsp3) is 0.571. The Morgan fingerprint density at radius 1 is 1.26 bits per heavy atom. The molecule has 4 nitrogen and oxygen atoms in total. The zero-order valence-electron chi connectivity index (χ0n) is 11.5. The van der Waals surface area contributed by atoms with Crippen LogP contribution in [0.25, 0.3) is 0 Å². The maximum absolute atomic E-state index is 12.3. The minimum Gasteiger partial charge on any atom is -0.313 e. The van der Waals surface area contributed by atoms with Crippen LogP contribution in [0.3, 0.4) is 0 Å². The topological polar surface area (TPSA) is 58.2 Å². The molecule has 1 unspecified atom stereocenters. The zero-order valence-corrected chi connectivity index (χ0v) is 12.3. The summed E-state index contributed by atoms with van der Waals surface area (Å²) in [4.78, 5) is 0.360. The lowest BCUT2D eigenvalue weighted by Gasteiger charge is -2.15. The van der Waals surface area contributed by atoms with E-state index in [1.165, 1.54) is 0 Å². The van der Waals surface area contributed by atoms with E-state index in [0.29, 0.717) is 4.90 Å². The molecule has 0 aromatic heterocycles. The number of rotatable bonds is 5. The summed E-state index contributed by atoms with van der Waals surface area (Å²) in [6.45, 7) is 2.01. The summed E-state index contributed by atoms with van der Waals surface area (Å²) in [5.41, 5.74) is 0.983. The average Bonchev–Trinajstić information content (AvgIpc) is 2.90. The maximum Gasteiger partial charge on any atom is 0.240 e. The van der Waals surface area contributed by atoms with E-state index in [1.54, 1.807) is 18.2 Å². The van der Waals surface area contributed by atoms with Crippen molar-refractivity contribution in [3.05, 3.63) is 29.8 Å². The Balaban J connectivity index is 2.19. The highest BCUT2D eigenvalue weighted by molar-refractivity contribution is 7.89. The van der Waals surface area contributed by atoms with Gasteiger partial charge in [0.15, 0.2) is 0 Å². The first-order valence-electron chi connectivity index (χ1n) is 6.82. The first kappa shape index (κ1) is 14.5. The van der Waals surface area contributed by atoms with Gasteiger partial charge in [-0.05, 0) is 44.5 Å². The van der Waals surface area contributed by atoms with Gasteiger partial charge < -0.3 is 5.32 Å². The molecule has 5 heteroatoms. The van der Waals surface area contributed by atoms with E-state index < -0.39 is 10.0 Å². The average molecular weight is 282 g/mol. The van der Waals surface area contributed by atoms with Crippen molar-refractivity contribution < 1.29 is 8.42 Å². The number of hydrogen-bond donors (Lipinski definition) is 2. The zero-order chi connectivity index (χ0) is 13.9. The summed E-state index contributed by atoms with van der Waals surface area (Å²) in [5.74, 6) is 0. The van der Waals surface area contributed by atoms with Crippen molar-refractivity contribution in [3.63, 3.8) is 0 Å². The molecule has 1 fully saturated rings. The smallest absolute Gasteiger partial charge is 0.240 e. The van der Waals surface area contributed by atoms with Crippen molar-refractivity contribution in [3.8, 4) is 0 Å². The Morgan fingerprint density at radius 2 is 1.95 bits per heavy atom. The highest BCUT2D eigenvalue weighted by atomic mass is 32.2. The number of benzene rings is 1. The fourth-order valence-corrected chi connectivity index (χ4v) is 3.81. The Hall–Kier alpha value is -0.910. The molecule has 0 radical (unpaired) electrons. The van der Waals surface area contributed by atoms with Gasteiger partial charge in [0.25, 0.3) is 0 Å². The van der Waals surface area contributed by atoms with E-state index in [4.69, 9.17) is 0 Å². The molecule has 2 rings (SSSR count). The van der Waals surface area contributed by atoms with Gasteiger partial charge in [-0.3, -0.25) is 0 Å². The third kappa shape index (κ3) is 3.55. The van der Waals surface area contributed by atoms with E-state index >= 15 is 0 Å². The van der Waals surface area contributed by atoms with Gasteiger partial charge in [0.1, 0.15) is 0 Å². The third-order valence-corrected chi connectivity index (χ3v) is 5.30. The van der Waals surface area contributed by atoms with Gasteiger partial charge >= 0.3 is 0 Å². The molecule has 0 heterocycles. The van der Waals surface area contributed by atoms with Crippen LogP contribution in [0.2, 0.25) is 0 Å². The molecule has 0 amide bonds. The van der Waals surface area contributed by atoms with Crippen LogP contribution in [-0.2, 0) is 10.0 Å². The van der Waals surface area contributed by atoms with Crippen LogP contribution in [0.5, 0.6) is 0 Å². The van der Waals surface area contributed by atoms with Crippen molar-refractivity contribution >= 4 is 10.0 Å². The highest BCUT2D eigenvalue weighted by Gasteiger charge is 2.23. The molecule has 0 bridgehead atoms. The summed E-state index contributed by atoms with van der Waals surface area (Å²) in [6, 6.07) is 7.39. The van der Waals surface area contributed by atoms with Crippen molar-refractivity contribution in [2.24, 2.45) is 0 Å². The molecule has 0 saturated heterocycles. The minimum absolute atomic E-state index is 0.107. The molecule has 106 valence electrons. The van der Waals surface area contributed by atoms with Gasteiger partial charge in [-0.15, -0.1) is 0 Å². The van der Waals surface area contributed by atoms with Crippen LogP contribution < -0.4 is 10.0 Å². The normalized spacial score (nSPS) is 18.6. The SMILES string of the molecule is CNC(C)c1cccc(S(=O)(=O)NC2CCCC2)c1. The summed E-state index contributed by atoms with van der Waals surface area (Å²) in [7, 11) is -1.52. The molecule has 1 aromatic rings. The Morgan fingerprint density at radius 3 is 2.58 bits per heavy atom. The molecule has 1 saturated carbocycles. The molecule has 1 aliphatic carbocycles. The second-order valence-electron chi connectivity index (χ2n) is 5.19. The monoisotopic (exact) mass is 282 g/mol. The molecule has 19 heavy (non-hydrogen) atoms. The van der Waals surface area contributed by atoms with Crippen LogP contribution in [0, 0.1) is 0 Å².